The maximum Gasteiger partial charge on any atom is 0.316 e. The molecule has 0 spiro atoms. The molecular formula is C34H35NO3. The number of hydrogen-bond donors (Lipinski definition) is 0. The van der Waals surface area contributed by atoms with Gasteiger partial charge in [-0.25, -0.2) is 0 Å². The lowest BCUT2D eigenvalue weighted by atomic mass is 9.93. The number of carbonyl (C=O) groups is 1. The van der Waals surface area contributed by atoms with Gasteiger partial charge in [-0.3, -0.25) is 4.79 Å². The molecule has 1 aliphatic rings. The molecule has 5 rings (SSSR count). The molecule has 1 unspecified atom stereocenters. The molecule has 0 aliphatic heterocycles. The zero-order chi connectivity index (χ0) is 26.5. The Kier molecular flexibility index (Phi) is 7.59. The maximum absolute atomic E-state index is 12.4. The molecule has 0 N–H and O–H groups in total. The number of benzene rings is 3. The maximum atomic E-state index is 12.4. The molecule has 0 bridgehead atoms. The molecule has 1 saturated carbocycles. The second kappa shape index (κ2) is 11.2. The molecule has 0 saturated heterocycles. The highest BCUT2D eigenvalue weighted by Gasteiger charge is 2.52. The van der Waals surface area contributed by atoms with Gasteiger partial charge in [-0.1, -0.05) is 103 Å². The van der Waals surface area contributed by atoms with E-state index in [1.54, 1.807) is 0 Å². The number of nitrogens with zero attached hydrogens (tertiary/aromatic N) is 1. The summed E-state index contributed by atoms with van der Waals surface area (Å²) < 4.78 is 11.0. The van der Waals surface area contributed by atoms with Gasteiger partial charge in [0.25, 0.3) is 0 Å². The van der Waals surface area contributed by atoms with Gasteiger partial charge in [0.1, 0.15) is 0 Å². The molecule has 4 aromatic rings. The second-order valence-electron chi connectivity index (χ2n) is 10.3. The van der Waals surface area contributed by atoms with Gasteiger partial charge < -0.3 is 9.26 Å². The highest BCUT2D eigenvalue weighted by molar-refractivity contribution is 5.87. The first-order valence-corrected chi connectivity index (χ1v) is 13.6. The zero-order valence-electron chi connectivity index (χ0n) is 22.4. The van der Waals surface area contributed by atoms with Crippen LogP contribution in [0.15, 0.2) is 89.5 Å². The first-order valence-electron chi connectivity index (χ1n) is 13.6. The van der Waals surface area contributed by atoms with Crippen LogP contribution in [0.25, 0.3) is 28.5 Å². The van der Waals surface area contributed by atoms with Crippen LogP contribution in [-0.2, 0) is 14.9 Å². The van der Waals surface area contributed by atoms with Crippen molar-refractivity contribution in [2.45, 2.75) is 57.8 Å². The molecule has 1 fully saturated rings. The minimum Gasteiger partial charge on any atom is -0.465 e. The largest absolute Gasteiger partial charge is 0.465 e. The van der Waals surface area contributed by atoms with Crippen molar-refractivity contribution >= 4 is 12.0 Å². The standard InChI is InChI=1S/C34H35NO3/c1-4-37-33(36)34(22-23-34)30-20-18-28(19-21-30)27-14-16-29(17-15-27)32-31(25(3)35-38-32)13-9-8-10-24(2)26-11-6-5-7-12-26/h5-7,9,11-21,24H,4,8,10,22-23H2,1-3H3/b13-9+. The Hall–Kier alpha value is -3.92. The van der Waals surface area contributed by atoms with E-state index in [9.17, 15) is 4.79 Å². The van der Waals surface area contributed by atoms with Crippen molar-refractivity contribution in [1.29, 1.82) is 0 Å². The van der Waals surface area contributed by atoms with Crippen molar-refractivity contribution in [3.63, 3.8) is 0 Å². The van der Waals surface area contributed by atoms with Crippen molar-refractivity contribution in [3.8, 4) is 22.5 Å². The second-order valence-corrected chi connectivity index (χ2v) is 10.3. The van der Waals surface area contributed by atoms with Gasteiger partial charge in [-0.05, 0) is 67.7 Å². The van der Waals surface area contributed by atoms with E-state index >= 15 is 0 Å². The quantitative estimate of drug-likeness (QED) is 0.203. The predicted molar refractivity (Wildman–Crippen MR) is 153 cm³/mol. The van der Waals surface area contributed by atoms with Crippen LogP contribution in [0.2, 0.25) is 0 Å². The first-order chi connectivity index (χ1) is 18.5. The van der Waals surface area contributed by atoms with Gasteiger partial charge in [0, 0.05) is 11.1 Å². The molecule has 0 radical (unpaired) electrons. The number of aryl methyl sites for hydroxylation is 1. The molecule has 4 heteroatoms. The molecular weight excluding hydrogens is 470 g/mol. The number of hydrogen-bond acceptors (Lipinski definition) is 4. The van der Waals surface area contributed by atoms with Gasteiger partial charge in [0.15, 0.2) is 5.76 Å². The molecule has 38 heavy (non-hydrogen) atoms. The average molecular weight is 506 g/mol. The zero-order valence-corrected chi connectivity index (χ0v) is 22.4. The number of aromatic nitrogens is 1. The Labute approximate surface area is 225 Å². The van der Waals surface area contributed by atoms with Crippen molar-refractivity contribution < 1.29 is 14.1 Å². The molecule has 3 aromatic carbocycles. The third-order valence-electron chi connectivity index (χ3n) is 7.66. The SMILES string of the molecule is CCOC(=O)C1(c2ccc(-c3ccc(-c4onc(C)c4/C=C/CCC(C)c4ccccc4)cc3)cc2)CC1. The summed E-state index contributed by atoms with van der Waals surface area (Å²) >= 11 is 0. The summed E-state index contributed by atoms with van der Waals surface area (Å²) in [6.45, 7) is 6.53. The monoisotopic (exact) mass is 505 g/mol. The summed E-state index contributed by atoms with van der Waals surface area (Å²) in [5.74, 6) is 1.21. The number of esters is 1. The predicted octanol–water partition coefficient (Wildman–Crippen LogP) is 8.51. The smallest absolute Gasteiger partial charge is 0.316 e. The third kappa shape index (κ3) is 5.35. The lowest BCUT2D eigenvalue weighted by Gasteiger charge is -2.14. The van der Waals surface area contributed by atoms with Crippen LogP contribution < -0.4 is 0 Å². The van der Waals surface area contributed by atoms with Crippen LogP contribution in [0.1, 0.15) is 67.8 Å². The fourth-order valence-electron chi connectivity index (χ4n) is 5.08. The number of allylic oxidation sites excluding steroid dienone is 1. The Balaban J connectivity index is 1.26. The molecule has 4 nitrogen and oxygen atoms in total. The van der Waals surface area contributed by atoms with Gasteiger partial charge >= 0.3 is 5.97 Å². The third-order valence-corrected chi connectivity index (χ3v) is 7.66. The van der Waals surface area contributed by atoms with Crippen molar-refractivity contribution in [2.75, 3.05) is 6.61 Å². The van der Waals surface area contributed by atoms with Crippen LogP contribution in [0.3, 0.4) is 0 Å². The van der Waals surface area contributed by atoms with Gasteiger partial charge in [-0.15, -0.1) is 0 Å². The minimum absolute atomic E-state index is 0.102. The van der Waals surface area contributed by atoms with E-state index in [2.05, 4.69) is 103 Å². The summed E-state index contributed by atoms with van der Waals surface area (Å²) in [7, 11) is 0. The lowest BCUT2D eigenvalue weighted by molar-refractivity contribution is -0.146. The van der Waals surface area contributed by atoms with Crippen LogP contribution in [0.5, 0.6) is 0 Å². The van der Waals surface area contributed by atoms with Crippen molar-refractivity contribution in [2.24, 2.45) is 0 Å². The molecule has 194 valence electrons. The van der Waals surface area contributed by atoms with Crippen LogP contribution in [-0.4, -0.2) is 17.7 Å². The van der Waals surface area contributed by atoms with Crippen molar-refractivity contribution in [3.05, 3.63) is 107 Å². The lowest BCUT2D eigenvalue weighted by Crippen LogP contribution is -2.23. The number of ether oxygens (including phenoxy) is 1. The van der Waals surface area contributed by atoms with Gasteiger partial charge in [-0.2, -0.15) is 0 Å². The van der Waals surface area contributed by atoms with Crippen LogP contribution in [0.4, 0.5) is 0 Å². The normalized spacial score (nSPS) is 14.9. The number of carbonyl (C=O) groups excluding carboxylic acids is 1. The van der Waals surface area contributed by atoms with E-state index in [1.807, 2.05) is 13.8 Å². The van der Waals surface area contributed by atoms with E-state index in [0.29, 0.717) is 12.5 Å². The Morgan fingerprint density at radius 2 is 1.61 bits per heavy atom. The highest BCUT2D eigenvalue weighted by Crippen LogP contribution is 2.49. The summed E-state index contributed by atoms with van der Waals surface area (Å²) in [5.41, 5.74) is 7.14. The van der Waals surface area contributed by atoms with E-state index in [1.165, 1.54) is 5.56 Å². The minimum atomic E-state index is -0.438. The summed E-state index contributed by atoms with van der Waals surface area (Å²) in [6.07, 6.45) is 8.17. The molecule has 1 aromatic heterocycles. The van der Waals surface area contributed by atoms with Crippen LogP contribution >= 0.6 is 0 Å². The Morgan fingerprint density at radius 1 is 0.974 bits per heavy atom. The van der Waals surface area contributed by atoms with Crippen molar-refractivity contribution in [1.82, 2.24) is 5.16 Å². The van der Waals surface area contributed by atoms with Gasteiger partial charge in [0.05, 0.1) is 17.7 Å². The highest BCUT2D eigenvalue weighted by atomic mass is 16.5. The van der Waals surface area contributed by atoms with E-state index in [0.717, 1.165) is 65.0 Å². The van der Waals surface area contributed by atoms with E-state index in [-0.39, 0.29) is 5.97 Å². The fraction of sp³-hybridized carbons (Fsp3) is 0.294. The summed E-state index contributed by atoms with van der Waals surface area (Å²) in [6, 6.07) is 27.3. The molecule has 1 heterocycles. The Bertz CT molecular complexity index is 1390. The van der Waals surface area contributed by atoms with Gasteiger partial charge in [0.2, 0.25) is 0 Å². The van der Waals surface area contributed by atoms with E-state index in [4.69, 9.17) is 9.26 Å². The number of rotatable bonds is 10. The van der Waals surface area contributed by atoms with Crippen LogP contribution in [0, 0.1) is 6.92 Å². The molecule has 1 atom stereocenters. The summed E-state index contributed by atoms with van der Waals surface area (Å²) in [4.78, 5) is 12.4. The topological polar surface area (TPSA) is 52.3 Å². The first kappa shape index (κ1) is 25.7. The average Bonchev–Trinajstić information content (AvgIpc) is 3.69. The summed E-state index contributed by atoms with van der Waals surface area (Å²) in [5, 5.41) is 4.24. The molecule has 1 aliphatic carbocycles. The molecule has 0 amide bonds. The Morgan fingerprint density at radius 3 is 2.24 bits per heavy atom. The van der Waals surface area contributed by atoms with E-state index < -0.39 is 5.41 Å². The fourth-order valence-corrected chi connectivity index (χ4v) is 5.08.